The molecule has 1 aliphatic rings. The minimum absolute atomic E-state index is 0.325. The molecule has 1 unspecified atom stereocenters. The summed E-state index contributed by atoms with van der Waals surface area (Å²) in [5, 5.41) is 10.5. The first kappa shape index (κ1) is 9.61. The lowest BCUT2D eigenvalue weighted by Crippen LogP contribution is -2.27. The highest BCUT2D eigenvalue weighted by atomic mass is 16.5. The Morgan fingerprint density at radius 3 is 3.14 bits per heavy atom. The lowest BCUT2D eigenvalue weighted by atomic mass is 10.0. The molecule has 14 heavy (non-hydrogen) atoms. The van der Waals surface area contributed by atoms with Gasteiger partial charge in [-0.05, 0) is 19.4 Å². The number of nitrogens with zero attached hydrogens (tertiary/aromatic N) is 2. The first-order valence-corrected chi connectivity index (χ1v) is 5.03. The van der Waals surface area contributed by atoms with Crippen LogP contribution >= 0.6 is 0 Å². The SMILES string of the molecule is COCc1nc(C2CCCCN2)n[nH]1. The smallest absolute Gasteiger partial charge is 0.167 e. The van der Waals surface area contributed by atoms with E-state index in [1.54, 1.807) is 7.11 Å². The Hall–Kier alpha value is -0.940. The number of hydrogen-bond donors (Lipinski definition) is 2. The van der Waals surface area contributed by atoms with Crippen molar-refractivity contribution >= 4 is 0 Å². The minimum Gasteiger partial charge on any atom is -0.377 e. The van der Waals surface area contributed by atoms with Crippen LogP contribution in [0.2, 0.25) is 0 Å². The number of aromatic nitrogens is 3. The highest BCUT2D eigenvalue weighted by molar-refractivity contribution is 4.97. The summed E-state index contributed by atoms with van der Waals surface area (Å²) in [6, 6.07) is 0.325. The second kappa shape index (κ2) is 4.52. The summed E-state index contributed by atoms with van der Waals surface area (Å²) in [7, 11) is 1.65. The van der Waals surface area contributed by atoms with Crippen molar-refractivity contribution in [2.75, 3.05) is 13.7 Å². The van der Waals surface area contributed by atoms with Gasteiger partial charge in [0.05, 0.1) is 6.04 Å². The largest absolute Gasteiger partial charge is 0.377 e. The molecule has 0 aliphatic carbocycles. The number of nitrogens with one attached hydrogen (secondary N) is 2. The summed E-state index contributed by atoms with van der Waals surface area (Å²) in [6.45, 7) is 1.57. The summed E-state index contributed by atoms with van der Waals surface area (Å²) < 4.78 is 4.97. The van der Waals surface area contributed by atoms with Gasteiger partial charge in [-0.3, -0.25) is 5.10 Å². The van der Waals surface area contributed by atoms with Crippen LogP contribution in [0.3, 0.4) is 0 Å². The highest BCUT2D eigenvalue weighted by Crippen LogP contribution is 2.19. The third-order valence-electron chi connectivity index (χ3n) is 2.45. The Bertz CT molecular complexity index is 280. The van der Waals surface area contributed by atoms with E-state index in [0.29, 0.717) is 12.6 Å². The van der Waals surface area contributed by atoms with E-state index in [9.17, 15) is 0 Å². The van der Waals surface area contributed by atoms with E-state index in [0.717, 1.165) is 24.6 Å². The molecule has 0 amide bonds. The third kappa shape index (κ3) is 2.10. The molecular formula is C9H16N4O. The van der Waals surface area contributed by atoms with Gasteiger partial charge in [0.25, 0.3) is 0 Å². The van der Waals surface area contributed by atoms with Crippen molar-refractivity contribution < 1.29 is 4.74 Å². The highest BCUT2D eigenvalue weighted by Gasteiger charge is 2.18. The molecule has 1 aromatic rings. The van der Waals surface area contributed by atoms with E-state index in [2.05, 4.69) is 20.5 Å². The molecule has 1 fully saturated rings. The zero-order valence-electron chi connectivity index (χ0n) is 8.42. The number of piperidine rings is 1. The summed E-state index contributed by atoms with van der Waals surface area (Å²) in [5.41, 5.74) is 0. The molecule has 5 nitrogen and oxygen atoms in total. The number of rotatable bonds is 3. The van der Waals surface area contributed by atoms with Gasteiger partial charge < -0.3 is 10.1 Å². The summed E-state index contributed by atoms with van der Waals surface area (Å²) in [4.78, 5) is 4.37. The first-order chi connectivity index (χ1) is 6.90. The molecule has 1 aliphatic heterocycles. The second-order valence-corrected chi connectivity index (χ2v) is 3.58. The average Bonchev–Trinajstić information content (AvgIpc) is 2.68. The quantitative estimate of drug-likeness (QED) is 0.749. The maximum absolute atomic E-state index is 4.97. The molecule has 0 bridgehead atoms. The van der Waals surface area contributed by atoms with Gasteiger partial charge in [0, 0.05) is 7.11 Å². The Morgan fingerprint density at radius 2 is 2.43 bits per heavy atom. The van der Waals surface area contributed by atoms with Gasteiger partial charge in [-0.15, -0.1) is 0 Å². The molecule has 2 N–H and O–H groups in total. The number of aromatic amines is 1. The fourth-order valence-corrected chi connectivity index (χ4v) is 1.74. The maximum atomic E-state index is 4.97. The van der Waals surface area contributed by atoms with Gasteiger partial charge in [-0.25, -0.2) is 4.98 Å². The monoisotopic (exact) mass is 196 g/mol. The first-order valence-electron chi connectivity index (χ1n) is 5.03. The van der Waals surface area contributed by atoms with Gasteiger partial charge >= 0.3 is 0 Å². The molecule has 5 heteroatoms. The molecule has 0 spiro atoms. The van der Waals surface area contributed by atoms with E-state index < -0.39 is 0 Å². The molecule has 1 atom stereocenters. The summed E-state index contributed by atoms with van der Waals surface area (Å²) in [6.07, 6.45) is 3.64. The van der Waals surface area contributed by atoms with Crippen molar-refractivity contribution in [3.63, 3.8) is 0 Å². The molecular weight excluding hydrogens is 180 g/mol. The van der Waals surface area contributed by atoms with E-state index in [1.807, 2.05) is 0 Å². The Morgan fingerprint density at radius 1 is 1.50 bits per heavy atom. The van der Waals surface area contributed by atoms with Crippen LogP contribution in [-0.2, 0) is 11.3 Å². The van der Waals surface area contributed by atoms with Crippen LogP contribution in [0.5, 0.6) is 0 Å². The number of methoxy groups -OCH3 is 1. The summed E-state index contributed by atoms with van der Waals surface area (Å²) >= 11 is 0. The average molecular weight is 196 g/mol. The van der Waals surface area contributed by atoms with Crippen LogP contribution < -0.4 is 5.32 Å². The summed E-state index contributed by atoms with van der Waals surface area (Å²) in [5.74, 6) is 1.67. The van der Waals surface area contributed by atoms with E-state index in [1.165, 1.54) is 12.8 Å². The fourth-order valence-electron chi connectivity index (χ4n) is 1.74. The maximum Gasteiger partial charge on any atom is 0.167 e. The van der Waals surface area contributed by atoms with Crippen molar-refractivity contribution in [2.45, 2.75) is 31.9 Å². The number of hydrogen-bond acceptors (Lipinski definition) is 4. The van der Waals surface area contributed by atoms with Crippen LogP contribution in [0, 0.1) is 0 Å². The predicted octanol–water partition coefficient (Wildman–Crippen LogP) is 0.766. The molecule has 2 heterocycles. The molecule has 1 aromatic heterocycles. The van der Waals surface area contributed by atoms with Crippen LogP contribution in [0.15, 0.2) is 0 Å². The topological polar surface area (TPSA) is 62.8 Å². The van der Waals surface area contributed by atoms with Crippen molar-refractivity contribution in [2.24, 2.45) is 0 Å². The second-order valence-electron chi connectivity index (χ2n) is 3.58. The van der Waals surface area contributed by atoms with Gasteiger partial charge in [-0.1, -0.05) is 6.42 Å². The van der Waals surface area contributed by atoms with Crippen LogP contribution in [0.4, 0.5) is 0 Å². The van der Waals surface area contributed by atoms with Gasteiger partial charge in [0.1, 0.15) is 6.61 Å². The Kier molecular flexibility index (Phi) is 3.10. The molecule has 0 aromatic carbocycles. The van der Waals surface area contributed by atoms with Crippen molar-refractivity contribution in [1.82, 2.24) is 20.5 Å². The number of H-pyrrole nitrogens is 1. The molecule has 2 rings (SSSR count). The molecule has 1 saturated heterocycles. The lowest BCUT2D eigenvalue weighted by molar-refractivity contribution is 0.178. The lowest BCUT2D eigenvalue weighted by Gasteiger charge is -2.20. The number of ether oxygens (including phenoxy) is 1. The third-order valence-corrected chi connectivity index (χ3v) is 2.45. The standard InChI is InChI=1S/C9H16N4O/c1-14-6-8-11-9(13-12-8)7-4-2-3-5-10-7/h7,10H,2-6H2,1H3,(H,11,12,13). The van der Waals surface area contributed by atoms with E-state index in [-0.39, 0.29) is 0 Å². The predicted molar refractivity (Wildman–Crippen MR) is 51.7 cm³/mol. The molecule has 0 saturated carbocycles. The van der Waals surface area contributed by atoms with Crippen LogP contribution in [-0.4, -0.2) is 28.8 Å². The van der Waals surface area contributed by atoms with Crippen LogP contribution in [0.1, 0.15) is 37.0 Å². The van der Waals surface area contributed by atoms with Gasteiger partial charge in [0.15, 0.2) is 11.6 Å². The molecule has 78 valence electrons. The van der Waals surface area contributed by atoms with E-state index in [4.69, 9.17) is 4.74 Å². The van der Waals surface area contributed by atoms with Gasteiger partial charge in [0.2, 0.25) is 0 Å². The zero-order valence-corrected chi connectivity index (χ0v) is 8.42. The van der Waals surface area contributed by atoms with Crippen molar-refractivity contribution in [1.29, 1.82) is 0 Å². The molecule has 0 radical (unpaired) electrons. The van der Waals surface area contributed by atoms with Crippen molar-refractivity contribution in [3.05, 3.63) is 11.6 Å². The normalized spacial score (nSPS) is 22.5. The Balaban J connectivity index is 2.00. The van der Waals surface area contributed by atoms with Gasteiger partial charge in [-0.2, -0.15) is 5.10 Å². The van der Waals surface area contributed by atoms with Crippen LogP contribution in [0.25, 0.3) is 0 Å². The Labute approximate surface area is 83.3 Å². The minimum atomic E-state index is 0.325. The fraction of sp³-hybridized carbons (Fsp3) is 0.778. The van der Waals surface area contributed by atoms with E-state index >= 15 is 0 Å². The van der Waals surface area contributed by atoms with Crippen molar-refractivity contribution in [3.8, 4) is 0 Å². The zero-order chi connectivity index (χ0) is 9.80.